The van der Waals surface area contributed by atoms with Crippen molar-refractivity contribution in [2.45, 2.75) is 25.7 Å². The molecule has 1 saturated heterocycles. The Morgan fingerprint density at radius 2 is 0.929 bits per heavy atom. The van der Waals surface area contributed by atoms with E-state index in [1.807, 2.05) is 9.80 Å². The quantitative estimate of drug-likeness (QED) is 0.605. The second-order valence-corrected chi connectivity index (χ2v) is 3.70. The molecular weight excluding hydrogens is 180 g/mol. The summed E-state index contributed by atoms with van der Waals surface area (Å²) in [7, 11) is 0. The Labute approximate surface area is 84.9 Å². The summed E-state index contributed by atoms with van der Waals surface area (Å²) in [5, 5.41) is 0. The van der Waals surface area contributed by atoms with E-state index in [0.29, 0.717) is 0 Å². The van der Waals surface area contributed by atoms with Crippen molar-refractivity contribution in [3.05, 3.63) is 0 Å². The first kappa shape index (κ1) is 11.0. The third-order valence-electron chi connectivity index (χ3n) is 2.58. The molecule has 0 aromatic carbocycles. The summed E-state index contributed by atoms with van der Waals surface area (Å²) in [5.41, 5.74) is 0. The minimum Gasteiger partial charge on any atom is -0.345 e. The average Bonchev–Trinajstić information content (AvgIpc) is 2.25. The van der Waals surface area contributed by atoms with Crippen LogP contribution in [0.25, 0.3) is 0 Å². The molecular formula is C10H18N2O2. The zero-order chi connectivity index (χ0) is 10.2. The summed E-state index contributed by atoms with van der Waals surface area (Å²) in [5.74, 6) is 0. The van der Waals surface area contributed by atoms with Crippen molar-refractivity contribution in [1.29, 1.82) is 0 Å². The van der Waals surface area contributed by atoms with Crippen molar-refractivity contribution in [2.75, 3.05) is 26.2 Å². The van der Waals surface area contributed by atoms with E-state index >= 15 is 0 Å². The first-order valence-corrected chi connectivity index (χ1v) is 5.25. The molecule has 0 aliphatic carbocycles. The van der Waals surface area contributed by atoms with E-state index in [9.17, 15) is 9.59 Å². The molecule has 0 N–H and O–H groups in total. The monoisotopic (exact) mass is 198 g/mol. The van der Waals surface area contributed by atoms with Gasteiger partial charge in [0.05, 0.1) is 0 Å². The van der Waals surface area contributed by atoms with Gasteiger partial charge in [-0.3, -0.25) is 9.59 Å². The predicted octanol–water partition coefficient (Wildman–Crippen LogP) is 0.477. The summed E-state index contributed by atoms with van der Waals surface area (Å²) < 4.78 is 0. The van der Waals surface area contributed by atoms with Crippen LogP contribution in [-0.2, 0) is 9.59 Å². The Bertz CT molecular complexity index is 153. The van der Waals surface area contributed by atoms with Gasteiger partial charge < -0.3 is 9.80 Å². The van der Waals surface area contributed by atoms with Crippen LogP contribution in [0.3, 0.4) is 0 Å². The molecule has 1 rings (SSSR count). The Morgan fingerprint density at radius 1 is 0.643 bits per heavy atom. The maximum absolute atomic E-state index is 10.6. The topological polar surface area (TPSA) is 40.6 Å². The SMILES string of the molecule is O=CN1CCCCN(C=O)CCCC1. The van der Waals surface area contributed by atoms with Crippen LogP contribution in [0.1, 0.15) is 25.7 Å². The average molecular weight is 198 g/mol. The van der Waals surface area contributed by atoms with E-state index < -0.39 is 0 Å². The molecule has 0 radical (unpaired) electrons. The summed E-state index contributed by atoms with van der Waals surface area (Å²) in [4.78, 5) is 24.9. The van der Waals surface area contributed by atoms with Crippen LogP contribution in [-0.4, -0.2) is 48.8 Å². The van der Waals surface area contributed by atoms with E-state index in [-0.39, 0.29) is 0 Å². The van der Waals surface area contributed by atoms with E-state index in [2.05, 4.69) is 0 Å². The van der Waals surface area contributed by atoms with Gasteiger partial charge in [0.15, 0.2) is 0 Å². The van der Waals surface area contributed by atoms with Gasteiger partial charge in [0.25, 0.3) is 0 Å². The minimum absolute atomic E-state index is 0.830. The summed E-state index contributed by atoms with van der Waals surface area (Å²) in [6, 6.07) is 0. The highest BCUT2D eigenvalue weighted by atomic mass is 16.1. The van der Waals surface area contributed by atoms with E-state index in [1.54, 1.807) is 0 Å². The third-order valence-corrected chi connectivity index (χ3v) is 2.58. The number of hydrogen-bond donors (Lipinski definition) is 0. The highest BCUT2D eigenvalue weighted by molar-refractivity contribution is 5.47. The summed E-state index contributed by atoms with van der Waals surface area (Å²) in [6.07, 6.45) is 5.82. The van der Waals surface area contributed by atoms with Gasteiger partial charge in [-0.25, -0.2) is 0 Å². The van der Waals surface area contributed by atoms with Crippen molar-refractivity contribution in [1.82, 2.24) is 9.80 Å². The molecule has 2 amide bonds. The Balaban J connectivity index is 2.33. The van der Waals surface area contributed by atoms with Crippen molar-refractivity contribution >= 4 is 12.8 Å². The first-order valence-electron chi connectivity index (χ1n) is 5.25. The molecule has 0 aromatic heterocycles. The zero-order valence-electron chi connectivity index (χ0n) is 8.52. The van der Waals surface area contributed by atoms with Crippen LogP contribution in [0.4, 0.5) is 0 Å². The Kier molecular flexibility index (Phi) is 5.04. The van der Waals surface area contributed by atoms with E-state index in [4.69, 9.17) is 0 Å². The lowest BCUT2D eigenvalue weighted by molar-refractivity contribution is -0.120. The highest BCUT2D eigenvalue weighted by Crippen LogP contribution is 2.03. The molecule has 0 spiro atoms. The minimum atomic E-state index is 0.830. The van der Waals surface area contributed by atoms with Crippen LogP contribution < -0.4 is 0 Å². The third kappa shape index (κ3) is 3.77. The lowest BCUT2D eigenvalue weighted by Gasteiger charge is -2.22. The Hall–Kier alpha value is -1.06. The van der Waals surface area contributed by atoms with Crippen molar-refractivity contribution < 1.29 is 9.59 Å². The largest absolute Gasteiger partial charge is 0.345 e. The molecule has 1 aliphatic rings. The molecule has 0 saturated carbocycles. The predicted molar refractivity (Wildman–Crippen MR) is 53.7 cm³/mol. The molecule has 0 bridgehead atoms. The number of amides is 2. The van der Waals surface area contributed by atoms with Gasteiger partial charge in [0.1, 0.15) is 0 Å². The van der Waals surface area contributed by atoms with Gasteiger partial charge in [-0.2, -0.15) is 0 Å². The van der Waals surface area contributed by atoms with Gasteiger partial charge in [-0.15, -0.1) is 0 Å². The van der Waals surface area contributed by atoms with Crippen molar-refractivity contribution in [3.63, 3.8) is 0 Å². The molecule has 14 heavy (non-hydrogen) atoms. The first-order chi connectivity index (χ1) is 6.86. The molecule has 4 nitrogen and oxygen atoms in total. The second-order valence-electron chi connectivity index (χ2n) is 3.70. The van der Waals surface area contributed by atoms with Crippen LogP contribution in [0.5, 0.6) is 0 Å². The fourth-order valence-corrected chi connectivity index (χ4v) is 1.69. The van der Waals surface area contributed by atoms with Crippen LogP contribution in [0.15, 0.2) is 0 Å². The zero-order valence-corrected chi connectivity index (χ0v) is 8.52. The van der Waals surface area contributed by atoms with Gasteiger partial charge in [-0.05, 0) is 25.7 Å². The fraction of sp³-hybridized carbons (Fsp3) is 0.800. The highest BCUT2D eigenvalue weighted by Gasteiger charge is 2.07. The molecule has 80 valence electrons. The van der Waals surface area contributed by atoms with Gasteiger partial charge >= 0.3 is 0 Å². The van der Waals surface area contributed by atoms with Crippen molar-refractivity contribution in [3.8, 4) is 0 Å². The fourth-order valence-electron chi connectivity index (χ4n) is 1.69. The van der Waals surface area contributed by atoms with E-state index in [0.717, 1.165) is 64.7 Å². The number of nitrogens with zero attached hydrogens (tertiary/aromatic N) is 2. The number of carbonyl (C=O) groups excluding carboxylic acids is 2. The lowest BCUT2D eigenvalue weighted by Crippen LogP contribution is -2.30. The molecule has 0 atom stereocenters. The van der Waals surface area contributed by atoms with Crippen LogP contribution >= 0.6 is 0 Å². The lowest BCUT2D eigenvalue weighted by atomic mass is 10.2. The smallest absolute Gasteiger partial charge is 0.209 e. The number of hydrogen-bond acceptors (Lipinski definition) is 2. The normalized spacial score (nSPS) is 20.3. The van der Waals surface area contributed by atoms with Gasteiger partial charge in [0.2, 0.25) is 12.8 Å². The standard InChI is InChI=1S/C10H18N2O2/c13-9-11-5-1-2-6-12(10-14)8-4-3-7-11/h9-10H,1-8H2. The Morgan fingerprint density at radius 3 is 1.14 bits per heavy atom. The van der Waals surface area contributed by atoms with Gasteiger partial charge in [0, 0.05) is 26.2 Å². The molecule has 4 heteroatoms. The number of carbonyl (C=O) groups is 2. The molecule has 0 aromatic rings. The molecule has 0 unspecified atom stereocenters. The van der Waals surface area contributed by atoms with Crippen LogP contribution in [0, 0.1) is 0 Å². The molecule has 1 aliphatic heterocycles. The van der Waals surface area contributed by atoms with Gasteiger partial charge in [-0.1, -0.05) is 0 Å². The maximum atomic E-state index is 10.6. The number of rotatable bonds is 2. The van der Waals surface area contributed by atoms with E-state index in [1.165, 1.54) is 0 Å². The molecule has 1 heterocycles. The maximum Gasteiger partial charge on any atom is 0.209 e. The van der Waals surface area contributed by atoms with Crippen molar-refractivity contribution in [2.24, 2.45) is 0 Å². The summed E-state index contributed by atoms with van der Waals surface area (Å²) >= 11 is 0. The molecule has 1 fully saturated rings. The summed E-state index contributed by atoms with van der Waals surface area (Å²) in [6.45, 7) is 3.32. The second kappa shape index (κ2) is 6.40. The van der Waals surface area contributed by atoms with Crippen LogP contribution in [0.2, 0.25) is 0 Å².